The molecule has 0 aliphatic heterocycles. The summed E-state index contributed by atoms with van der Waals surface area (Å²) in [6.45, 7) is 0.214. The summed E-state index contributed by atoms with van der Waals surface area (Å²) in [6, 6.07) is 22.9. The van der Waals surface area contributed by atoms with Crippen LogP contribution in [0.15, 0.2) is 78.9 Å². The summed E-state index contributed by atoms with van der Waals surface area (Å²) < 4.78 is 0. The Hall–Kier alpha value is -3.36. The van der Waals surface area contributed by atoms with Crippen molar-refractivity contribution in [3.05, 3.63) is 111 Å². The van der Waals surface area contributed by atoms with E-state index in [1.165, 1.54) is 30.3 Å². The lowest BCUT2D eigenvalue weighted by molar-refractivity contribution is -0.384. The van der Waals surface area contributed by atoms with E-state index in [0.29, 0.717) is 17.2 Å². The van der Waals surface area contributed by atoms with Gasteiger partial charge in [-0.1, -0.05) is 91.5 Å². The molecule has 1 unspecified atom stereocenters. The molecule has 1 N–H and O–H groups in total. The summed E-state index contributed by atoms with van der Waals surface area (Å²) >= 11 is 7.92. The van der Waals surface area contributed by atoms with E-state index in [1.54, 1.807) is 23.1 Å². The average molecular weight is 580 g/mol. The minimum absolute atomic E-state index is 0.0310. The van der Waals surface area contributed by atoms with Gasteiger partial charge in [-0.3, -0.25) is 19.7 Å². The van der Waals surface area contributed by atoms with Crippen LogP contribution in [0.3, 0.4) is 0 Å². The number of hydrogen-bond acceptors (Lipinski definition) is 5. The third kappa shape index (κ3) is 8.57. The Labute approximate surface area is 244 Å². The standard InChI is InChI=1S/C31H34ClN3O4S/c32-28-14-8-7-11-25(28)20-34(30(36)22-40-21-24-15-17-27(18-16-24)35(38)39)29(19-23-9-3-1-4-10-23)31(37)33-26-12-5-2-6-13-26/h1,3-4,7-11,14-18,26,29H,2,5-6,12-13,19-22H2,(H,33,37). The number of thioether (sulfide) groups is 1. The lowest BCUT2D eigenvalue weighted by Gasteiger charge is -2.33. The van der Waals surface area contributed by atoms with Crippen LogP contribution in [0.4, 0.5) is 5.69 Å². The number of rotatable bonds is 12. The summed E-state index contributed by atoms with van der Waals surface area (Å²) in [6.07, 6.45) is 5.66. The van der Waals surface area contributed by atoms with Crippen molar-refractivity contribution in [2.24, 2.45) is 0 Å². The number of benzene rings is 3. The molecule has 1 aliphatic carbocycles. The second-order valence-corrected chi connectivity index (χ2v) is 11.5. The van der Waals surface area contributed by atoms with E-state index in [0.717, 1.165) is 42.4 Å². The first-order chi connectivity index (χ1) is 19.4. The quantitative estimate of drug-likeness (QED) is 0.193. The van der Waals surface area contributed by atoms with Crippen molar-refractivity contribution in [3.63, 3.8) is 0 Å². The van der Waals surface area contributed by atoms with Gasteiger partial charge in [0.15, 0.2) is 0 Å². The lowest BCUT2D eigenvalue weighted by atomic mass is 9.94. The van der Waals surface area contributed by atoms with Gasteiger partial charge < -0.3 is 10.2 Å². The molecule has 40 heavy (non-hydrogen) atoms. The van der Waals surface area contributed by atoms with Crippen LogP contribution in [0.5, 0.6) is 0 Å². The average Bonchev–Trinajstić information content (AvgIpc) is 2.97. The van der Waals surface area contributed by atoms with Crippen molar-refractivity contribution in [1.82, 2.24) is 10.2 Å². The van der Waals surface area contributed by atoms with Crippen molar-refractivity contribution in [2.75, 3.05) is 5.75 Å². The number of hydrogen-bond donors (Lipinski definition) is 1. The Bertz CT molecular complexity index is 1280. The summed E-state index contributed by atoms with van der Waals surface area (Å²) in [4.78, 5) is 39.8. The van der Waals surface area contributed by atoms with E-state index in [-0.39, 0.29) is 35.8 Å². The van der Waals surface area contributed by atoms with Gasteiger partial charge in [-0.05, 0) is 35.6 Å². The Morgan fingerprint density at radius 2 is 1.62 bits per heavy atom. The highest BCUT2D eigenvalue weighted by atomic mass is 35.5. The van der Waals surface area contributed by atoms with Gasteiger partial charge in [-0.2, -0.15) is 0 Å². The zero-order valence-electron chi connectivity index (χ0n) is 22.3. The van der Waals surface area contributed by atoms with Crippen LogP contribution < -0.4 is 5.32 Å². The van der Waals surface area contributed by atoms with Crippen LogP contribution in [-0.4, -0.2) is 39.5 Å². The van der Waals surface area contributed by atoms with Gasteiger partial charge in [0.05, 0.1) is 10.7 Å². The number of nitrogens with zero attached hydrogens (tertiary/aromatic N) is 2. The Kier molecular flexibility index (Phi) is 11.0. The van der Waals surface area contributed by atoms with Crippen molar-refractivity contribution < 1.29 is 14.5 Å². The highest BCUT2D eigenvalue weighted by Crippen LogP contribution is 2.24. The maximum Gasteiger partial charge on any atom is 0.269 e. The first kappa shape index (κ1) is 29.6. The van der Waals surface area contributed by atoms with Crippen molar-refractivity contribution in [1.29, 1.82) is 0 Å². The Morgan fingerprint density at radius 3 is 2.30 bits per heavy atom. The normalized spacial score (nSPS) is 14.3. The molecule has 9 heteroatoms. The van der Waals surface area contributed by atoms with E-state index >= 15 is 0 Å². The Balaban J connectivity index is 1.55. The van der Waals surface area contributed by atoms with E-state index < -0.39 is 11.0 Å². The third-order valence-electron chi connectivity index (χ3n) is 7.16. The lowest BCUT2D eigenvalue weighted by Crippen LogP contribution is -2.53. The fourth-order valence-electron chi connectivity index (χ4n) is 4.96. The predicted octanol–water partition coefficient (Wildman–Crippen LogP) is 6.57. The molecule has 0 aromatic heterocycles. The van der Waals surface area contributed by atoms with Crippen LogP contribution in [0.25, 0.3) is 0 Å². The first-order valence-electron chi connectivity index (χ1n) is 13.6. The molecule has 3 aromatic carbocycles. The highest BCUT2D eigenvalue weighted by Gasteiger charge is 2.32. The van der Waals surface area contributed by atoms with Crippen molar-refractivity contribution >= 4 is 40.9 Å². The number of amides is 2. The van der Waals surface area contributed by atoms with Gasteiger partial charge in [-0.25, -0.2) is 0 Å². The fourth-order valence-corrected chi connectivity index (χ4v) is 6.03. The van der Waals surface area contributed by atoms with E-state index in [2.05, 4.69) is 5.32 Å². The second kappa shape index (κ2) is 14.9. The molecule has 210 valence electrons. The van der Waals surface area contributed by atoms with Crippen molar-refractivity contribution in [3.8, 4) is 0 Å². The number of carbonyl (C=O) groups is 2. The van der Waals surface area contributed by atoms with Gasteiger partial charge in [-0.15, -0.1) is 11.8 Å². The molecular formula is C31H34ClN3O4S. The molecule has 0 spiro atoms. The third-order valence-corrected chi connectivity index (χ3v) is 8.52. The Morgan fingerprint density at radius 1 is 0.950 bits per heavy atom. The maximum absolute atomic E-state index is 13.8. The number of halogens is 1. The molecule has 7 nitrogen and oxygen atoms in total. The smallest absolute Gasteiger partial charge is 0.269 e. The number of nitro groups is 1. The van der Waals surface area contributed by atoms with E-state index in [1.807, 2.05) is 48.5 Å². The van der Waals surface area contributed by atoms with Crippen LogP contribution in [0.1, 0.15) is 48.8 Å². The predicted molar refractivity (Wildman–Crippen MR) is 160 cm³/mol. The molecule has 0 bridgehead atoms. The van der Waals surface area contributed by atoms with Gasteiger partial charge in [0.1, 0.15) is 6.04 Å². The molecule has 1 atom stereocenters. The maximum atomic E-state index is 13.8. The van der Waals surface area contributed by atoms with Gasteiger partial charge in [0.25, 0.3) is 5.69 Å². The molecular weight excluding hydrogens is 546 g/mol. The number of carbonyl (C=O) groups excluding carboxylic acids is 2. The SMILES string of the molecule is O=C(NC1CCCCC1)C(Cc1ccccc1)N(Cc1ccccc1Cl)C(=O)CSCc1ccc([N+](=O)[O-])cc1. The minimum Gasteiger partial charge on any atom is -0.352 e. The largest absolute Gasteiger partial charge is 0.352 e. The van der Waals surface area contributed by atoms with E-state index in [4.69, 9.17) is 11.6 Å². The topological polar surface area (TPSA) is 92.6 Å². The molecule has 1 aliphatic rings. The molecule has 1 saturated carbocycles. The molecule has 1 fully saturated rings. The number of non-ortho nitro benzene ring substituents is 1. The highest BCUT2D eigenvalue weighted by molar-refractivity contribution is 7.99. The molecule has 0 heterocycles. The van der Waals surface area contributed by atoms with Gasteiger partial charge in [0.2, 0.25) is 11.8 Å². The van der Waals surface area contributed by atoms with Gasteiger partial charge >= 0.3 is 0 Å². The zero-order valence-corrected chi connectivity index (χ0v) is 23.9. The minimum atomic E-state index is -0.701. The zero-order chi connectivity index (χ0) is 28.3. The van der Waals surface area contributed by atoms with E-state index in [9.17, 15) is 19.7 Å². The summed E-state index contributed by atoms with van der Waals surface area (Å²) in [5, 5.41) is 14.7. The van der Waals surface area contributed by atoms with Crippen LogP contribution in [0.2, 0.25) is 5.02 Å². The summed E-state index contributed by atoms with van der Waals surface area (Å²) in [7, 11) is 0. The number of nitrogens with one attached hydrogen (secondary N) is 1. The molecule has 2 amide bonds. The van der Waals surface area contributed by atoms with Crippen LogP contribution >= 0.6 is 23.4 Å². The van der Waals surface area contributed by atoms with Gasteiger partial charge in [0, 0.05) is 41.9 Å². The molecule has 4 rings (SSSR count). The summed E-state index contributed by atoms with van der Waals surface area (Å²) in [5.41, 5.74) is 2.67. The molecule has 0 radical (unpaired) electrons. The molecule has 0 saturated heterocycles. The first-order valence-corrected chi connectivity index (χ1v) is 15.1. The number of nitro benzene ring substituents is 1. The molecule has 3 aromatic rings. The summed E-state index contributed by atoms with van der Waals surface area (Å²) in [5.74, 6) is 0.369. The van der Waals surface area contributed by atoms with Crippen LogP contribution in [-0.2, 0) is 28.3 Å². The van der Waals surface area contributed by atoms with Crippen molar-refractivity contribution in [2.45, 2.75) is 62.9 Å². The fraction of sp³-hybridized carbons (Fsp3) is 0.355. The van der Waals surface area contributed by atoms with Crippen LogP contribution in [0, 0.1) is 10.1 Å². The monoisotopic (exact) mass is 579 g/mol. The second-order valence-electron chi connectivity index (χ2n) is 10.1.